The van der Waals surface area contributed by atoms with Gasteiger partial charge in [-0.15, -0.1) is 0 Å². The maximum absolute atomic E-state index is 11.2. The molecule has 30 heavy (non-hydrogen) atoms. The Morgan fingerprint density at radius 2 is 1.23 bits per heavy atom. The lowest BCUT2D eigenvalue weighted by atomic mass is 10.3. The molecule has 0 aromatic carbocycles. The van der Waals surface area contributed by atoms with Crippen LogP contribution < -0.4 is 5.32 Å². The molecule has 184 valence electrons. The highest BCUT2D eigenvalue weighted by molar-refractivity contribution is 5.75. The zero-order chi connectivity index (χ0) is 23.5. The second-order valence-corrected chi connectivity index (χ2v) is 6.00. The van der Waals surface area contributed by atoms with E-state index in [2.05, 4.69) is 15.1 Å². The van der Waals surface area contributed by atoms with E-state index in [1.807, 2.05) is 48.5 Å². The normalized spacial score (nSPS) is 13.7. The molecule has 0 atom stereocenters. The lowest BCUT2D eigenvalue weighted by molar-refractivity contribution is -0.121. The highest BCUT2D eigenvalue weighted by atomic mass is 16.5. The summed E-state index contributed by atoms with van der Waals surface area (Å²) in [4.78, 5) is 16.1. The minimum atomic E-state index is 0.0969. The van der Waals surface area contributed by atoms with Crippen molar-refractivity contribution in [3.63, 3.8) is 0 Å². The molecule has 0 aromatic heterocycles. The van der Waals surface area contributed by atoms with E-state index in [1.54, 1.807) is 7.11 Å². The van der Waals surface area contributed by atoms with Crippen LogP contribution in [0.25, 0.3) is 0 Å². The first-order chi connectivity index (χ1) is 14.8. The predicted molar refractivity (Wildman–Crippen MR) is 128 cm³/mol. The molecule has 0 unspecified atom stereocenters. The molecule has 0 spiro atoms. The van der Waals surface area contributed by atoms with Crippen molar-refractivity contribution < 1.29 is 19.0 Å². The number of hydrogen-bond acceptors (Lipinski definition) is 6. The monoisotopic (exact) mass is 435 g/mol. The highest BCUT2D eigenvalue weighted by Crippen LogP contribution is 2.01. The van der Waals surface area contributed by atoms with Gasteiger partial charge in [0.2, 0.25) is 5.91 Å². The zero-order valence-electron chi connectivity index (χ0n) is 21.4. The maximum Gasteiger partial charge on any atom is 0.220 e. The Morgan fingerprint density at radius 1 is 0.767 bits per heavy atom. The first kappa shape index (κ1) is 33.9. The molecule has 7 heteroatoms. The van der Waals surface area contributed by atoms with Gasteiger partial charge in [0.05, 0.1) is 33.0 Å². The number of nitrogens with one attached hydrogen (secondary N) is 1. The fourth-order valence-electron chi connectivity index (χ4n) is 2.55. The maximum atomic E-state index is 11.2. The third-order valence-electron chi connectivity index (χ3n) is 4.05. The largest absolute Gasteiger partial charge is 0.383 e. The Kier molecular flexibility index (Phi) is 34.4. The number of methoxy groups -OCH3 is 1. The van der Waals surface area contributed by atoms with Gasteiger partial charge in [0.25, 0.3) is 0 Å². The van der Waals surface area contributed by atoms with Crippen LogP contribution >= 0.6 is 0 Å². The molecule has 1 N–H and O–H groups in total. The molecular weight excluding hydrogens is 382 g/mol. The number of hydrogen-bond donors (Lipinski definition) is 1. The van der Waals surface area contributed by atoms with E-state index >= 15 is 0 Å². The first-order valence-corrected chi connectivity index (χ1v) is 12.1. The van der Waals surface area contributed by atoms with Crippen molar-refractivity contribution in [2.75, 3.05) is 86.0 Å². The average Bonchev–Trinajstić information content (AvgIpc) is 2.81. The summed E-state index contributed by atoms with van der Waals surface area (Å²) in [5, 5.41) is 2.82. The molecule has 0 aromatic rings. The summed E-state index contributed by atoms with van der Waals surface area (Å²) in [6.45, 7) is 24.3. The number of ether oxygens (including phenoxy) is 3. The summed E-state index contributed by atoms with van der Waals surface area (Å²) in [6, 6.07) is 0. The van der Waals surface area contributed by atoms with Gasteiger partial charge in [-0.05, 0) is 6.42 Å². The fraction of sp³-hybridized carbons (Fsp3) is 0.957. The molecule has 0 saturated carbocycles. The zero-order valence-corrected chi connectivity index (χ0v) is 21.4. The molecular formula is C23H53N3O4. The summed E-state index contributed by atoms with van der Waals surface area (Å²) in [5.74, 6) is 0.0969. The molecule has 1 saturated heterocycles. The second-order valence-electron chi connectivity index (χ2n) is 6.00. The Hall–Kier alpha value is -0.730. The Balaban J connectivity index is -0.00000111. The first-order valence-electron chi connectivity index (χ1n) is 12.1. The van der Waals surface area contributed by atoms with E-state index in [0.29, 0.717) is 32.8 Å². The van der Waals surface area contributed by atoms with Gasteiger partial charge >= 0.3 is 0 Å². The lowest BCUT2D eigenvalue weighted by Crippen LogP contribution is -2.48. The molecule has 1 rings (SSSR count). The molecule has 1 fully saturated rings. The van der Waals surface area contributed by atoms with E-state index in [4.69, 9.17) is 14.2 Å². The topological polar surface area (TPSA) is 63.3 Å². The smallest absolute Gasteiger partial charge is 0.220 e. The van der Waals surface area contributed by atoms with Gasteiger partial charge in [0.15, 0.2) is 0 Å². The van der Waals surface area contributed by atoms with Crippen molar-refractivity contribution in [1.82, 2.24) is 15.1 Å². The Labute approximate surface area is 187 Å². The number of rotatable bonds is 14. The molecule has 7 nitrogen and oxygen atoms in total. The molecule has 0 bridgehead atoms. The van der Waals surface area contributed by atoms with Crippen molar-refractivity contribution in [2.45, 2.75) is 61.3 Å². The van der Waals surface area contributed by atoms with E-state index in [9.17, 15) is 4.79 Å². The summed E-state index contributed by atoms with van der Waals surface area (Å²) in [7, 11) is 1.75. The molecule has 0 aliphatic carbocycles. The van der Waals surface area contributed by atoms with Crippen LogP contribution in [0.5, 0.6) is 0 Å². The van der Waals surface area contributed by atoms with Gasteiger partial charge in [-0.3, -0.25) is 14.6 Å². The quantitative estimate of drug-likeness (QED) is 0.423. The van der Waals surface area contributed by atoms with Crippen LogP contribution in [0, 0.1) is 0 Å². The molecule has 0 radical (unpaired) electrons. The van der Waals surface area contributed by atoms with Crippen molar-refractivity contribution in [3.8, 4) is 0 Å². The van der Waals surface area contributed by atoms with Crippen LogP contribution in [0.2, 0.25) is 0 Å². The van der Waals surface area contributed by atoms with E-state index < -0.39 is 0 Å². The number of carbonyl (C=O) groups is 1. The van der Waals surface area contributed by atoms with Crippen LogP contribution in [0.3, 0.4) is 0 Å². The summed E-state index contributed by atoms with van der Waals surface area (Å²) >= 11 is 0. The van der Waals surface area contributed by atoms with Crippen LogP contribution in [-0.4, -0.2) is 102 Å². The van der Waals surface area contributed by atoms with Crippen LogP contribution in [0.4, 0.5) is 0 Å². The van der Waals surface area contributed by atoms with E-state index in [0.717, 1.165) is 58.9 Å². The molecule has 1 aliphatic heterocycles. The van der Waals surface area contributed by atoms with Crippen molar-refractivity contribution in [3.05, 3.63) is 0 Å². The summed E-state index contributed by atoms with van der Waals surface area (Å²) in [6.07, 6.45) is 1.46. The Morgan fingerprint density at radius 3 is 1.70 bits per heavy atom. The number of piperazine rings is 1. The molecule has 1 amide bonds. The van der Waals surface area contributed by atoms with Crippen LogP contribution in [0.15, 0.2) is 0 Å². The Bertz CT molecular complexity index is 313. The minimum Gasteiger partial charge on any atom is -0.383 e. The molecule has 1 heterocycles. The van der Waals surface area contributed by atoms with Crippen LogP contribution in [-0.2, 0) is 19.0 Å². The second kappa shape index (κ2) is 30.5. The van der Waals surface area contributed by atoms with Crippen molar-refractivity contribution in [1.29, 1.82) is 0 Å². The lowest BCUT2D eigenvalue weighted by Gasteiger charge is -2.34. The van der Waals surface area contributed by atoms with Crippen LogP contribution in [0.1, 0.15) is 61.3 Å². The number of carbonyl (C=O) groups excluding carboxylic acids is 1. The number of nitrogens with zero attached hydrogens (tertiary/aromatic N) is 2. The number of amides is 1. The average molecular weight is 436 g/mol. The fourth-order valence-corrected chi connectivity index (χ4v) is 2.55. The van der Waals surface area contributed by atoms with Gasteiger partial charge in [-0.2, -0.15) is 0 Å². The highest BCUT2D eigenvalue weighted by Gasteiger charge is 2.15. The van der Waals surface area contributed by atoms with Gasteiger partial charge in [0, 0.05) is 59.3 Å². The third-order valence-corrected chi connectivity index (χ3v) is 4.05. The van der Waals surface area contributed by atoms with E-state index in [-0.39, 0.29) is 5.91 Å². The SMILES string of the molecule is CC.CC.CC.CCCC(=O)NCCOCCOCCN1CCN(CCOC)CC1. The van der Waals surface area contributed by atoms with E-state index in [1.165, 1.54) is 0 Å². The summed E-state index contributed by atoms with van der Waals surface area (Å²) in [5.41, 5.74) is 0. The third kappa shape index (κ3) is 23.5. The standard InChI is InChI=1S/C17H35N3O4.3C2H6/c1-3-4-17(21)18-5-12-23-15-16-24-14-11-20-8-6-19(7-9-20)10-13-22-2;3*1-2/h3-16H2,1-2H3,(H,18,21);3*1-2H3. The minimum absolute atomic E-state index is 0.0969. The van der Waals surface area contributed by atoms with Gasteiger partial charge in [-0.25, -0.2) is 0 Å². The summed E-state index contributed by atoms with van der Waals surface area (Å²) < 4.78 is 16.2. The van der Waals surface area contributed by atoms with Gasteiger partial charge < -0.3 is 19.5 Å². The predicted octanol–water partition coefficient (Wildman–Crippen LogP) is 3.28. The van der Waals surface area contributed by atoms with Crippen molar-refractivity contribution >= 4 is 5.91 Å². The van der Waals surface area contributed by atoms with Crippen molar-refractivity contribution in [2.24, 2.45) is 0 Å². The molecule has 1 aliphatic rings. The van der Waals surface area contributed by atoms with Gasteiger partial charge in [-0.1, -0.05) is 48.5 Å². The van der Waals surface area contributed by atoms with Gasteiger partial charge in [0.1, 0.15) is 0 Å².